The molecule has 1 saturated heterocycles. The second-order valence-electron chi connectivity index (χ2n) is 8.84. The van der Waals surface area contributed by atoms with E-state index in [0.717, 1.165) is 35.2 Å². The Labute approximate surface area is 200 Å². The predicted molar refractivity (Wildman–Crippen MR) is 134 cm³/mol. The molecule has 1 aromatic heterocycles. The number of anilines is 1. The average Bonchev–Trinajstić information content (AvgIpc) is 3.36. The molecule has 0 amide bonds. The standard InChI is InChI=1S/C26H29N3O4S/c1-19-16-22(10-12-24(19)27(2)3)20-6-8-21(9-7-20)25(30)18-28-17-23(11-13-26(28)31)34(32,33)29-14-4-5-15-29/h6-13,16-17H,4-5,14-15,18H2,1-3H3. The largest absolute Gasteiger partial charge is 0.377 e. The summed E-state index contributed by atoms with van der Waals surface area (Å²) in [4.78, 5) is 27.3. The van der Waals surface area contributed by atoms with Crippen LogP contribution in [0.3, 0.4) is 0 Å². The molecule has 4 rings (SSSR count). The normalized spacial score (nSPS) is 14.3. The van der Waals surface area contributed by atoms with E-state index in [1.165, 1.54) is 27.2 Å². The van der Waals surface area contributed by atoms with Crippen LogP contribution in [0.4, 0.5) is 5.69 Å². The molecule has 0 spiro atoms. The maximum Gasteiger partial charge on any atom is 0.251 e. The molecule has 2 aromatic carbocycles. The van der Waals surface area contributed by atoms with Gasteiger partial charge in [-0.1, -0.05) is 30.3 Å². The average molecular weight is 480 g/mol. The monoisotopic (exact) mass is 479 g/mol. The highest BCUT2D eigenvalue weighted by molar-refractivity contribution is 7.89. The van der Waals surface area contributed by atoms with E-state index in [9.17, 15) is 18.0 Å². The van der Waals surface area contributed by atoms with Crippen LogP contribution in [0.25, 0.3) is 11.1 Å². The lowest BCUT2D eigenvalue weighted by Crippen LogP contribution is -2.30. The molecule has 0 radical (unpaired) electrons. The van der Waals surface area contributed by atoms with Crippen molar-refractivity contribution in [2.75, 3.05) is 32.1 Å². The lowest BCUT2D eigenvalue weighted by atomic mass is 10.00. The number of pyridine rings is 1. The van der Waals surface area contributed by atoms with E-state index in [4.69, 9.17) is 0 Å². The zero-order valence-electron chi connectivity index (χ0n) is 19.7. The highest BCUT2D eigenvalue weighted by Gasteiger charge is 2.27. The smallest absolute Gasteiger partial charge is 0.251 e. The number of benzene rings is 2. The first-order valence-corrected chi connectivity index (χ1v) is 12.7. The molecule has 8 heteroatoms. The van der Waals surface area contributed by atoms with Gasteiger partial charge >= 0.3 is 0 Å². The molecule has 7 nitrogen and oxygen atoms in total. The highest BCUT2D eigenvalue weighted by atomic mass is 32.2. The molecule has 0 N–H and O–H groups in total. The minimum absolute atomic E-state index is 0.0358. The number of nitrogens with zero attached hydrogens (tertiary/aromatic N) is 3. The predicted octanol–water partition coefficient (Wildman–Crippen LogP) is 3.56. The molecule has 0 aliphatic carbocycles. The van der Waals surface area contributed by atoms with Crippen LogP contribution >= 0.6 is 0 Å². The van der Waals surface area contributed by atoms with Crippen molar-refractivity contribution in [2.24, 2.45) is 0 Å². The van der Waals surface area contributed by atoms with Gasteiger partial charge in [0.1, 0.15) is 0 Å². The van der Waals surface area contributed by atoms with Gasteiger partial charge < -0.3 is 9.47 Å². The molecular formula is C26H29N3O4S. The molecule has 3 aromatic rings. The third-order valence-electron chi connectivity index (χ3n) is 6.19. The Morgan fingerprint density at radius 3 is 2.21 bits per heavy atom. The summed E-state index contributed by atoms with van der Waals surface area (Å²) in [6, 6.07) is 16.0. The summed E-state index contributed by atoms with van der Waals surface area (Å²) in [5.74, 6) is -0.261. The molecule has 2 heterocycles. The lowest BCUT2D eigenvalue weighted by molar-refractivity contribution is 0.0970. The minimum Gasteiger partial charge on any atom is -0.377 e. The highest BCUT2D eigenvalue weighted by Crippen LogP contribution is 2.26. The van der Waals surface area contributed by atoms with E-state index in [0.29, 0.717) is 18.7 Å². The zero-order valence-corrected chi connectivity index (χ0v) is 20.5. The van der Waals surface area contributed by atoms with Crippen LogP contribution in [0.15, 0.2) is 70.5 Å². The van der Waals surface area contributed by atoms with E-state index >= 15 is 0 Å². The van der Waals surface area contributed by atoms with Crippen LogP contribution in [0.2, 0.25) is 0 Å². The van der Waals surface area contributed by atoms with Gasteiger partial charge in [-0.2, -0.15) is 4.31 Å². The van der Waals surface area contributed by atoms with Crippen molar-refractivity contribution >= 4 is 21.5 Å². The van der Waals surface area contributed by atoms with E-state index in [-0.39, 0.29) is 17.2 Å². The lowest BCUT2D eigenvalue weighted by Gasteiger charge is -2.17. The second-order valence-corrected chi connectivity index (χ2v) is 10.8. The SMILES string of the molecule is Cc1cc(-c2ccc(C(=O)Cn3cc(S(=O)(=O)N4CCCC4)ccc3=O)cc2)ccc1N(C)C. The number of aryl methyl sites for hydroxylation is 1. The third kappa shape index (κ3) is 4.83. The number of hydrogen-bond donors (Lipinski definition) is 0. The Morgan fingerprint density at radius 1 is 0.941 bits per heavy atom. The Bertz CT molecular complexity index is 1370. The number of sulfonamides is 1. The van der Waals surface area contributed by atoms with E-state index in [2.05, 4.69) is 24.0 Å². The van der Waals surface area contributed by atoms with Gasteiger partial charge in [-0.05, 0) is 54.7 Å². The Kier molecular flexibility index (Phi) is 6.72. The Hall–Kier alpha value is -3.23. The fraction of sp³-hybridized carbons (Fsp3) is 0.308. The fourth-order valence-electron chi connectivity index (χ4n) is 4.29. The third-order valence-corrected chi connectivity index (χ3v) is 8.07. The van der Waals surface area contributed by atoms with Crippen molar-refractivity contribution in [1.82, 2.24) is 8.87 Å². The van der Waals surface area contributed by atoms with Gasteiger partial charge in [0.15, 0.2) is 5.78 Å². The van der Waals surface area contributed by atoms with Gasteiger partial charge in [0, 0.05) is 50.7 Å². The molecular weight excluding hydrogens is 450 g/mol. The second kappa shape index (κ2) is 9.56. The number of ketones is 1. The van der Waals surface area contributed by atoms with Gasteiger partial charge in [-0.25, -0.2) is 8.42 Å². The summed E-state index contributed by atoms with van der Waals surface area (Å²) >= 11 is 0. The summed E-state index contributed by atoms with van der Waals surface area (Å²) in [7, 11) is 0.343. The van der Waals surface area contributed by atoms with Crippen LogP contribution in [0, 0.1) is 6.92 Å². The van der Waals surface area contributed by atoms with Gasteiger partial charge in [0.25, 0.3) is 5.56 Å². The summed E-state index contributed by atoms with van der Waals surface area (Å²) in [6.07, 6.45) is 2.93. The van der Waals surface area contributed by atoms with Crippen LogP contribution in [0.5, 0.6) is 0 Å². The van der Waals surface area contributed by atoms with E-state index < -0.39 is 15.6 Å². The molecule has 0 unspecified atom stereocenters. The molecule has 0 saturated carbocycles. The number of carbonyl (C=O) groups is 1. The van der Waals surface area contributed by atoms with Gasteiger partial charge in [0.2, 0.25) is 10.0 Å². The van der Waals surface area contributed by atoms with Crippen molar-refractivity contribution in [3.05, 3.63) is 82.3 Å². The first-order chi connectivity index (χ1) is 16.2. The Morgan fingerprint density at radius 2 is 1.59 bits per heavy atom. The molecule has 1 fully saturated rings. The number of hydrogen-bond acceptors (Lipinski definition) is 5. The van der Waals surface area contributed by atoms with Crippen molar-refractivity contribution in [1.29, 1.82) is 0 Å². The van der Waals surface area contributed by atoms with Crippen molar-refractivity contribution in [3.63, 3.8) is 0 Å². The molecule has 178 valence electrons. The van der Waals surface area contributed by atoms with Crippen LogP contribution in [0.1, 0.15) is 28.8 Å². The maximum absolute atomic E-state index is 12.9. The van der Waals surface area contributed by atoms with Crippen molar-refractivity contribution in [2.45, 2.75) is 31.2 Å². The molecule has 0 atom stereocenters. The summed E-state index contributed by atoms with van der Waals surface area (Å²) in [5, 5.41) is 0. The number of rotatable bonds is 7. The van der Waals surface area contributed by atoms with Crippen LogP contribution in [-0.4, -0.2) is 50.3 Å². The number of aromatic nitrogens is 1. The van der Waals surface area contributed by atoms with Gasteiger partial charge in [0.05, 0.1) is 11.4 Å². The summed E-state index contributed by atoms with van der Waals surface area (Å²) in [6.45, 7) is 2.79. The zero-order chi connectivity index (χ0) is 24.5. The topological polar surface area (TPSA) is 79.7 Å². The molecule has 34 heavy (non-hydrogen) atoms. The van der Waals surface area contributed by atoms with Crippen molar-refractivity contribution < 1.29 is 13.2 Å². The molecule has 1 aliphatic rings. The number of Topliss-reactive ketones (excluding diaryl/α,β-unsaturated/α-hetero) is 1. The molecule has 1 aliphatic heterocycles. The fourth-order valence-corrected chi connectivity index (χ4v) is 5.83. The van der Waals surface area contributed by atoms with Crippen LogP contribution in [-0.2, 0) is 16.6 Å². The first-order valence-electron chi connectivity index (χ1n) is 11.3. The maximum atomic E-state index is 12.9. The van der Waals surface area contributed by atoms with Gasteiger partial charge in [-0.3, -0.25) is 9.59 Å². The summed E-state index contributed by atoms with van der Waals surface area (Å²) in [5.41, 5.74) is 4.40. The van der Waals surface area contributed by atoms with E-state index in [1.54, 1.807) is 12.1 Å². The quantitative estimate of drug-likeness (QED) is 0.484. The minimum atomic E-state index is -3.67. The van der Waals surface area contributed by atoms with Gasteiger partial charge in [-0.15, -0.1) is 0 Å². The first kappa shape index (κ1) is 23.9. The van der Waals surface area contributed by atoms with E-state index in [1.807, 2.05) is 32.3 Å². The molecule has 0 bridgehead atoms. The Balaban J connectivity index is 1.53. The van der Waals surface area contributed by atoms with Crippen LogP contribution < -0.4 is 10.5 Å². The summed E-state index contributed by atoms with van der Waals surface area (Å²) < 4.78 is 28.3. The number of carbonyl (C=O) groups excluding carboxylic acids is 1. The van der Waals surface area contributed by atoms with Crippen molar-refractivity contribution in [3.8, 4) is 11.1 Å².